The van der Waals surface area contributed by atoms with Gasteiger partial charge in [-0.15, -0.1) is 0 Å². The van der Waals surface area contributed by atoms with Crippen LogP contribution in [0, 0.1) is 11.8 Å². The lowest BCUT2D eigenvalue weighted by Crippen LogP contribution is -2.29. The van der Waals surface area contributed by atoms with Crippen LogP contribution < -0.4 is 0 Å². The average molecular weight is 172 g/mol. The first kappa shape index (κ1) is 11.6. The number of carbonyl (C=O) groups is 1. The fourth-order valence-corrected chi connectivity index (χ4v) is 1.40. The first-order valence-electron chi connectivity index (χ1n) is 4.69. The molecule has 0 aliphatic carbocycles. The molecular weight excluding hydrogens is 152 g/mol. The summed E-state index contributed by atoms with van der Waals surface area (Å²) in [6.07, 6.45) is 1.41. The summed E-state index contributed by atoms with van der Waals surface area (Å²) in [6.45, 7) is 7.58. The molecule has 0 radical (unpaired) electrons. The van der Waals surface area contributed by atoms with E-state index in [1.54, 1.807) is 0 Å². The Morgan fingerprint density at radius 2 is 1.92 bits per heavy atom. The highest BCUT2D eigenvalue weighted by Crippen LogP contribution is 2.20. The lowest BCUT2D eigenvalue weighted by Gasteiger charge is -2.22. The largest absolute Gasteiger partial charge is 0.385 e. The standard InChI is InChI=1S/C10H20O2/c1-5-6-7(2)8(3)10(12)9(4)11/h7-8,10,12H,5-6H2,1-4H3. The summed E-state index contributed by atoms with van der Waals surface area (Å²) in [5.74, 6) is 0.391. The average Bonchev–Trinajstić information content (AvgIpc) is 2.02. The minimum Gasteiger partial charge on any atom is -0.385 e. The van der Waals surface area contributed by atoms with E-state index in [1.165, 1.54) is 6.92 Å². The molecule has 0 aliphatic heterocycles. The molecule has 72 valence electrons. The van der Waals surface area contributed by atoms with Crippen molar-refractivity contribution in [3.63, 3.8) is 0 Å². The third-order valence-corrected chi connectivity index (χ3v) is 2.56. The molecule has 3 atom stereocenters. The molecule has 3 unspecified atom stereocenters. The van der Waals surface area contributed by atoms with Crippen LogP contribution in [-0.4, -0.2) is 17.0 Å². The highest BCUT2D eigenvalue weighted by atomic mass is 16.3. The van der Waals surface area contributed by atoms with E-state index in [-0.39, 0.29) is 11.7 Å². The maximum Gasteiger partial charge on any atom is 0.158 e. The summed E-state index contributed by atoms with van der Waals surface area (Å²) in [5.41, 5.74) is 0. The molecule has 0 heterocycles. The number of aliphatic hydroxyl groups is 1. The number of Topliss-reactive ketones (excluding diaryl/α,β-unsaturated/α-hetero) is 1. The summed E-state index contributed by atoms with van der Waals surface area (Å²) < 4.78 is 0. The first-order chi connectivity index (χ1) is 5.50. The zero-order chi connectivity index (χ0) is 9.72. The minimum atomic E-state index is -0.772. The van der Waals surface area contributed by atoms with E-state index in [4.69, 9.17) is 0 Å². The molecule has 2 heteroatoms. The minimum absolute atomic E-state index is 0.0856. The summed E-state index contributed by atoms with van der Waals surface area (Å²) in [7, 11) is 0. The van der Waals surface area contributed by atoms with Crippen LogP contribution in [0.25, 0.3) is 0 Å². The smallest absolute Gasteiger partial charge is 0.158 e. The highest BCUT2D eigenvalue weighted by Gasteiger charge is 2.23. The van der Waals surface area contributed by atoms with E-state index >= 15 is 0 Å². The van der Waals surface area contributed by atoms with Crippen LogP contribution >= 0.6 is 0 Å². The number of hydrogen-bond acceptors (Lipinski definition) is 2. The van der Waals surface area contributed by atoms with Gasteiger partial charge in [0.05, 0.1) is 0 Å². The molecule has 12 heavy (non-hydrogen) atoms. The van der Waals surface area contributed by atoms with Crippen molar-refractivity contribution in [2.45, 2.75) is 46.6 Å². The Kier molecular flexibility index (Phi) is 5.14. The molecule has 0 saturated heterocycles. The van der Waals surface area contributed by atoms with Crippen LogP contribution in [-0.2, 0) is 4.79 Å². The number of hydrogen-bond donors (Lipinski definition) is 1. The second-order valence-electron chi connectivity index (χ2n) is 3.68. The lowest BCUT2D eigenvalue weighted by atomic mass is 9.86. The van der Waals surface area contributed by atoms with Gasteiger partial charge in [-0.25, -0.2) is 0 Å². The third kappa shape index (κ3) is 3.35. The van der Waals surface area contributed by atoms with Gasteiger partial charge < -0.3 is 5.11 Å². The normalized spacial score (nSPS) is 18.4. The van der Waals surface area contributed by atoms with Crippen molar-refractivity contribution in [2.75, 3.05) is 0 Å². The topological polar surface area (TPSA) is 37.3 Å². The third-order valence-electron chi connectivity index (χ3n) is 2.56. The van der Waals surface area contributed by atoms with E-state index in [0.717, 1.165) is 12.8 Å². The van der Waals surface area contributed by atoms with E-state index in [1.807, 2.05) is 6.92 Å². The van der Waals surface area contributed by atoms with Gasteiger partial charge in [0.25, 0.3) is 0 Å². The molecular formula is C10H20O2. The van der Waals surface area contributed by atoms with Gasteiger partial charge in [0, 0.05) is 0 Å². The van der Waals surface area contributed by atoms with Crippen molar-refractivity contribution >= 4 is 5.78 Å². The predicted octanol–water partition coefficient (Wildman–Crippen LogP) is 2.01. The Morgan fingerprint density at radius 3 is 2.25 bits per heavy atom. The predicted molar refractivity (Wildman–Crippen MR) is 49.9 cm³/mol. The van der Waals surface area contributed by atoms with Crippen LogP contribution in [0.15, 0.2) is 0 Å². The molecule has 0 aliphatic rings. The van der Waals surface area contributed by atoms with E-state index in [9.17, 15) is 9.90 Å². The van der Waals surface area contributed by atoms with Crippen LogP contribution in [0.4, 0.5) is 0 Å². The quantitative estimate of drug-likeness (QED) is 0.688. The van der Waals surface area contributed by atoms with E-state index in [0.29, 0.717) is 5.92 Å². The lowest BCUT2D eigenvalue weighted by molar-refractivity contribution is -0.128. The molecule has 2 nitrogen and oxygen atoms in total. The molecule has 0 amide bonds. The van der Waals surface area contributed by atoms with Crippen LogP contribution in [0.3, 0.4) is 0 Å². The zero-order valence-electron chi connectivity index (χ0n) is 8.50. The molecule has 0 saturated carbocycles. The van der Waals surface area contributed by atoms with Gasteiger partial charge in [0.2, 0.25) is 0 Å². The van der Waals surface area contributed by atoms with Crippen molar-refractivity contribution in [1.82, 2.24) is 0 Å². The Bertz CT molecular complexity index is 143. The van der Waals surface area contributed by atoms with E-state index in [2.05, 4.69) is 13.8 Å². The Hall–Kier alpha value is -0.370. The Labute approximate surface area is 75.0 Å². The molecule has 0 aromatic rings. The van der Waals surface area contributed by atoms with Crippen molar-refractivity contribution < 1.29 is 9.90 Å². The molecule has 0 aromatic carbocycles. The fourth-order valence-electron chi connectivity index (χ4n) is 1.40. The van der Waals surface area contributed by atoms with Crippen LogP contribution in [0.2, 0.25) is 0 Å². The number of aliphatic hydroxyl groups excluding tert-OH is 1. The van der Waals surface area contributed by atoms with Gasteiger partial charge >= 0.3 is 0 Å². The Balaban J connectivity index is 3.99. The number of carbonyl (C=O) groups excluding carboxylic acids is 1. The van der Waals surface area contributed by atoms with Crippen LogP contribution in [0.5, 0.6) is 0 Å². The fraction of sp³-hybridized carbons (Fsp3) is 0.900. The van der Waals surface area contributed by atoms with Crippen LogP contribution in [0.1, 0.15) is 40.5 Å². The first-order valence-corrected chi connectivity index (χ1v) is 4.69. The maximum absolute atomic E-state index is 10.8. The summed E-state index contributed by atoms with van der Waals surface area (Å²) >= 11 is 0. The molecule has 0 bridgehead atoms. The zero-order valence-corrected chi connectivity index (χ0v) is 8.50. The van der Waals surface area contributed by atoms with Crippen molar-refractivity contribution in [1.29, 1.82) is 0 Å². The van der Waals surface area contributed by atoms with Gasteiger partial charge in [-0.1, -0.05) is 33.6 Å². The van der Waals surface area contributed by atoms with Gasteiger partial charge in [-0.3, -0.25) is 4.79 Å². The van der Waals surface area contributed by atoms with Gasteiger partial charge in [0.15, 0.2) is 5.78 Å². The summed E-state index contributed by atoms with van der Waals surface area (Å²) in [5, 5.41) is 9.44. The van der Waals surface area contributed by atoms with Crippen molar-refractivity contribution in [3.8, 4) is 0 Å². The van der Waals surface area contributed by atoms with Gasteiger partial charge in [0.1, 0.15) is 6.10 Å². The van der Waals surface area contributed by atoms with Gasteiger partial charge in [-0.05, 0) is 18.8 Å². The second kappa shape index (κ2) is 5.31. The van der Waals surface area contributed by atoms with Crippen molar-refractivity contribution in [2.24, 2.45) is 11.8 Å². The second-order valence-corrected chi connectivity index (χ2v) is 3.68. The highest BCUT2D eigenvalue weighted by molar-refractivity contribution is 5.80. The van der Waals surface area contributed by atoms with Gasteiger partial charge in [-0.2, -0.15) is 0 Å². The van der Waals surface area contributed by atoms with Crippen molar-refractivity contribution in [3.05, 3.63) is 0 Å². The van der Waals surface area contributed by atoms with E-state index < -0.39 is 6.10 Å². The SMILES string of the molecule is CCCC(C)C(C)C(O)C(C)=O. The maximum atomic E-state index is 10.8. The monoisotopic (exact) mass is 172 g/mol. The molecule has 0 spiro atoms. The molecule has 1 N–H and O–H groups in total. The summed E-state index contributed by atoms with van der Waals surface area (Å²) in [4.78, 5) is 10.8. The number of ketones is 1. The molecule has 0 rings (SSSR count). The molecule has 0 fully saturated rings. The number of rotatable bonds is 5. The Morgan fingerprint density at radius 1 is 1.42 bits per heavy atom. The summed E-state index contributed by atoms with van der Waals surface area (Å²) in [6, 6.07) is 0. The molecule has 0 aromatic heterocycles.